The zero-order chi connectivity index (χ0) is 13.2. The molecule has 0 spiro atoms. The van der Waals surface area contributed by atoms with Crippen LogP contribution in [0.2, 0.25) is 0 Å². The van der Waals surface area contributed by atoms with E-state index in [1.807, 2.05) is 0 Å². The van der Waals surface area contributed by atoms with Gasteiger partial charge in [0.1, 0.15) is 5.41 Å². The number of ether oxygens (including phenoxy) is 1. The van der Waals surface area contributed by atoms with E-state index in [4.69, 9.17) is 4.74 Å². The number of Topliss-reactive ketones (excluding diaryl/α,β-unsaturated/α-hetero) is 1. The monoisotopic (exact) mass is 250 g/mol. The minimum Gasteiger partial charge on any atom is -0.468 e. The van der Waals surface area contributed by atoms with Crippen LogP contribution in [0.15, 0.2) is 12.2 Å². The number of fused-ring (bicyclic) bond motifs is 1. The first-order valence-electron chi connectivity index (χ1n) is 6.98. The first-order chi connectivity index (χ1) is 8.69. The number of esters is 1. The molecule has 0 N–H and O–H groups in total. The molecule has 3 heteroatoms. The fourth-order valence-electron chi connectivity index (χ4n) is 3.39. The molecule has 0 amide bonds. The average Bonchev–Trinajstić information content (AvgIpc) is 2.90. The van der Waals surface area contributed by atoms with Crippen molar-refractivity contribution in [2.75, 3.05) is 7.11 Å². The summed E-state index contributed by atoms with van der Waals surface area (Å²) in [6, 6.07) is 0. The lowest BCUT2D eigenvalue weighted by molar-refractivity contribution is -0.151. The molecule has 0 radical (unpaired) electrons. The second-order valence-corrected chi connectivity index (χ2v) is 5.38. The fraction of sp³-hybridized carbons (Fsp3) is 0.733. The van der Waals surface area contributed by atoms with E-state index in [1.165, 1.54) is 26.4 Å². The fourth-order valence-corrected chi connectivity index (χ4v) is 3.39. The van der Waals surface area contributed by atoms with Crippen LogP contribution in [-0.2, 0) is 14.3 Å². The minimum absolute atomic E-state index is 0.0857. The molecule has 2 fully saturated rings. The van der Waals surface area contributed by atoms with E-state index in [2.05, 4.69) is 19.1 Å². The summed E-state index contributed by atoms with van der Waals surface area (Å²) in [6.45, 7) is 2.18. The van der Waals surface area contributed by atoms with Gasteiger partial charge in [-0.3, -0.25) is 9.59 Å². The third kappa shape index (κ3) is 1.90. The lowest BCUT2D eigenvalue weighted by Crippen LogP contribution is -2.27. The summed E-state index contributed by atoms with van der Waals surface area (Å²) in [7, 11) is 1.38. The average molecular weight is 250 g/mol. The topological polar surface area (TPSA) is 43.4 Å². The van der Waals surface area contributed by atoms with E-state index in [9.17, 15) is 9.59 Å². The van der Waals surface area contributed by atoms with E-state index in [1.54, 1.807) is 0 Å². The van der Waals surface area contributed by atoms with E-state index in [0.29, 0.717) is 6.42 Å². The van der Waals surface area contributed by atoms with Gasteiger partial charge in [0.25, 0.3) is 0 Å². The zero-order valence-electron chi connectivity index (χ0n) is 11.3. The molecule has 3 atom stereocenters. The maximum Gasteiger partial charge on any atom is 0.320 e. The van der Waals surface area contributed by atoms with E-state index in [-0.39, 0.29) is 23.6 Å². The molecule has 3 nitrogen and oxygen atoms in total. The number of hydrogen-bond donors (Lipinski definition) is 0. The third-order valence-corrected chi connectivity index (χ3v) is 4.42. The molecule has 18 heavy (non-hydrogen) atoms. The third-order valence-electron chi connectivity index (χ3n) is 4.42. The van der Waals surface area contributed by atoms with Crippen LogP contribution in [0.1, 0.15) is 45.4 Å². The second-order valence-electron chi connectivity index (χ2n) is 5.38. The predicted octanol–water partition coefficient (Wildman–Crippen LogP) is 2.89. The van der Waals surface area contributed by atoms with Crippen LogP contribution in [0.3, 0.4) is 0 Å². The number of ketones is 1. The number of hydrogen-bond acceptors (Lipinski definition) is 3. The minimum atomic E-state index is -0.796. The quantitative estimate of drug-likeness (QED) is 0.315. The Bertz CT molecular complexity index is 372. The summed E-state index contributed by atoms with van der Waals surface area (Å²) in [5.41, 5.74) is -0.796. The first kappa shape index (κ1) is 13.3. The molecule has 0 aliphatic heterocycles. The summed E-state index contributed by atoms with van der Waals surface area (Å²) < 4.78 is 4.83. The predicted molar refractivity (Wildman–Crippen MR) is 69.0 cm³/mol. The van der Waals surface area contributed by atoms with Gasteiger partial charge >= 0.3 is 5.97 Å². The second kappa shape index (κ2) is 5.25. The van der Waals surface area contributed by atoms with Gasteiger partial charge in [0.15, 0.2) is 5.78 Å². The molecule has 0 aromatic carbocycles. The van der Waals surface area contributed by atoms with E-state index in [0.717, 1.165) is 12.8 Å². The molecule has 0 bridgehead atoms. The Morgan fingerprint density at radius 1 is 1.50 bits per heavy atom. The van der Waals surface area contributed by atoms with Crippen molar-refractivity contribution in [3.8, 4) is 0 Å². The van der Waals surface area contributed by atoms with Crippen molar-refractivity contribution in [3.63, 3.8) is 0 Å². The zero-order valence-corrected chi connectivity index (χ0v) is 11.3. The molecular weight excluding hydrogens is 228 g/mol. The van der Waals surface area contributed by atoms with Crippen molar-refractivity contribution in [3.05, 3.63) is 12.2 Å². The number of allylic oxidation sites excluding steroid dienone is 2. The Hall–Kier alpha value is -1.12. The van der Waals surface area contributed by atoms with Crippen LogP contribution in [0, 0.1) is 17.3 Å². The van der Waals surface area contributed by atoms with Crippen LogP contribution in [0.4, 0.5) is 0 Å². The van der Waals surface area contributed by atoms with Crippen molar-refractivity contribution in [1.29, 1.82) is 0 Å². The van der Waals surface area contributed by atoms with Gasteiger partial charge in [-0.1, -0.05) is 31.9 Å². The highest BCUT2D eigenvalue weighted by atomic mass is 16.5. The summed E-state index contributed by atoms with van der Waals surface area (Å²) >= 11 is 0. The van der Waals surface area contributed by atoms with Gasteiger partial charge in [0, 0.05) is 12.3 Å². The van der Waals surface area contributed by atoms with Crippen LogP contribution >= 0.6 is 0 Å². The van der Waals surface area contributed by atoms with Gasteiger partial charge < -0.3 is 4.74 Å². The number of rotatable bonds is 6. The normalized spacial score (nSPS) is 33.8. The molecule has 1 unspecified atom stereocenters. The molecule has 100 valence electrons. The van der Waals surface area contributed by atoms with Crippen molar-refractivity contribution in [2.24, 2.45) is 17.3 Å². The van der Waals surface area contributed by atoms with E-state index < -0.39 is 5.41 Å². The van der Waals surface area contributed by atoms with Gasteiger partial charge in [0.05, 0.1) is 7.11 Å². The van der Waals surface area contributed by atoms with Crippen LogP contribution < -0.4 is 0 Å². The van der Waals surface area contributed by atoms with E-state index >= 15 is 0 Å². The molecule has 2 aliphatic rings. The largest absolute Gasteiger partial charge is 0.468 e. The SMILES string of the molecule is CCCCCC=CC1[C@H]2CCC(=O)[C@]12C(=O)OC. The molecule has 0 heterocycles. The lowest BCUT2D eigenvalue weighted by Gasteiger charge is -2.09. The molecule has 0 saturated heterocycles. The van der Waals surface area contributed by atoms with Crippen molar-refractivity contribution in [1.82, 2.24) is 0 Å². The highest BCUT2D eigenvalue weighted by Gasteiger charge is 2.76. The van der Waals surface area contributed by atoms with Crippen molar-refractivity contribution in [2.45, 2.75) is 45.4 Å². The Labute approximate surface area is 109 Å². The highest BCUT2D eigenvalue weighted by Crippen LogP contribution is 2.67. The van der Waals surface area contributed by atoms with Crippen molar-refractivity contribution >= 4 is 11.8 Å². The summed E-state index contributed by atoms with van der Waals surface area (Å²) in [4.78, 5) is 23.8. The first-order valence-corrected chi connectivity index (χ1v) is 6.98. The highest BCUT2D eigenvalue weighted by molar-refractivity contribution is 6.10. The molecule has 0 aromatic heterocycles. The Morgan fingerprint density at radius 3 is 2.94 bits per heavy atom. The van der Waals surface area contributed by atoms with Crippen molar-refractivity contribution < 1.29 is 14.3 Å². The van der Waals surface area contributed by atoms with Crippen LogP contribution in [0.25, 0.3) is 0 Å². The standard InChI is InChI=1S/C15H22O3/c1-3-4-5-6-7-8-11-12-9-10-13(16)15(11,12)14(17)18-2/h7-8,11-12H,3-6,9-10H2,1-2H3/t11?,12-,15+/m1/s1. The number of unbranched alkanes of at least 4 members (excludes halogenated alkanes) is 3. The van der Waals surface area contributed by atoms with Crippen LogP contribution in [0.5, 0.6) is 0 Å². The van der Waals surface area contributed by atoms with Gasteiger partial charge in [-0.15, -0.1) is 0 Å². The number of methoxy groups -OCH3 is 1. The maximum absolute atomic E-state index is 11.9. The van der Waals surface area contributed by atoms with Gasteiger partial charge in [-0.05, 0) is 25.2 Å². The number of carbonyl (C=O) groups is 2. The molecule has 2 saturated carbocycles. The lowest BCUT2D eigenvalue weighted by atomic mass is 9.98. The maximum atomic E-state index is 11.9. The number of carbonyl (C=O) groups excluding carboxylic acids is 2. The Kier molecular flexibility index (Phi) is 3.88. The van der Waals surface area contributed by atoms with Gasteiger partial charge in [-0.2, -0.15) is 0 Å². The molecule has 0 aromatic rings. The molecule has 2 rings (SSSR count). The molecular formula is C15H22O3. The Morgan fingerprint density at radius 2 is 2.28 bits per heavy atom. The Balaban J connectivity index is 1.96. The molecule has 2 aliphatic carbocycles. The van der Waals surface area contributed by atoms with Crippen LogP contribution in [-0.4, -0.2) is 18.9 Å². The summed E-state index contributed by atoms with van der Waals surface area (Å²) in [5, 5.41) is 0. The summed E-state index contributed by atoms with van der Waals surface area (Å²) in [6.07, 6.45) is 10.3. The van der Waals surface area contributed by atoms with Gasteiger partial charge in [0.2, 0.25) is 0 Å². The smallest absolute Gasteiger partial charge is 0.320 e. The van der Waals surface area contributed by atoms with Gasteiger partial charge in [-0.25, -0.2) is 0 Å². The summed E-state index contributed by atoms with van der Waals surface area (Å²) in [5.74, 6) is 0.0773.